The van der Waals surface area contributed by atoms with E-state index < -0.39 is 11.5 Å². The summed E-state index contributed by atoms with van der Waals surface area (Å²) < 4.78 is 12.4. The van der Waals surface area contributed by atoms with Gasteiger partial charge in [-0.2, -0.15) is 5.10 Å². The SMILES string of the molecule is CCOC(=O)c1cc2n(n1)CC(C)(C(=O)NCc1ccccc1)N(Cc1ccccc1OCC)C(=O)C2. The molecule has 1 N–H and O–H groups in total. The molecule has 9 nitrogen and oxygen atoms in total. The van der Waals surface area contributed by atoms with Gasteiger partial charge in [0.2, 0.25) is 11.8 Å². The van der Waals surface area contributed by atoms with Gasteiger partial charge in [0.05, 0.1) is 32.7 Å². The molecule has 194 valence electrons. The van der Waals surface area contributed by atoms with Gasteiger partial charge in [-0.05, 0) is 38.5 Å². The molecule has 2 heterocycles. The minimum absolute atomic E-state index is 0.00916. The zero-order valence-corrected chi connectivity index (χ0v) is 21.4. The molecule has 0 fully saturated rings. The van der Waals surface area contributed by atoms with Gasteiger partial charge in [-0.25, -0.2) is 4.79 Å². The first-order chi connectivity index (χ1) is 17.9. The Balaban J connectivity index is 1.69. The molecule has 2 amide bonds. The summed E-state index contributed by atoms with van der Waals surface area (Å²) in [5.41, 5.74) is 1.11. The number of hydrogen-bond acceptors (Lipinski definition) is 6. The van der Waals surface area contributed by atoms with Gasteiger partial charge in [0, 0.05) is 17.8 Å². The van der Waals surface area contributed by atoms with E-state index in [0.29, 0.717) is 24.6 Å². The highest BCUT2D eigenvalue weighted by Crippen LogP contribution is 2.30. The van der Waals surface area contributed by atoms with Crippen molar-refractivity contribution in [2.75, 3.05) is 13.2 Å². The number of fused-ring (bicyclic) bond motifs is 1. The first-order valence-electron chi connectivity index (χ1n) is 12.4. The summed E-state index contributed by atoms with van der Waals surface area (Å²) in [7, 11) is 0. The summed E-state index contributed by atoms with van der Waals surface area (Å²) in [6.45, 7) is 6.61. The molecule has 1 atom stereocenters. The lowest BCUT2D eigenvalue weighted by Crippen LogP contribution is -2.60. The van der Waals surface area contributed by atoms with Gasteiger partial charge < -0.3 is 19.7 Å². The van der Waals surface area contributed by atoms with E-state index in [4.69, 9.17) is 9.47 Å². The van der Waals surface area contributed by atoms with Gasteiger partial charge in [-0.1, -0.05) is 48.5 Å². The molecule has 0 radical (unpaired) electrons. The fourth-order valence-corrected chi connectivity index (χ4v) is 4.47. The Bertz CT molecular complexity index is 1270. The predicted octanol–water partition coefficient (Wildman–Crippen LogP) is 3.12. The lowest BCUT2D eigenvalue weighted by atomic mass is 9.96. The molecule has 1 aliphatic rings. The van der Waals surface area contributed by atoms with Crippen LogP contribution in [0.3, 0.4) is 0 Å². The lowest BCUT2D eigenvalue weighted by Gasteiger charge is -2.39. The van der Waals surface area contributed by atoms with Crippen LogP contribution in [-0.2, 0) is 40.4 Å². The highest BCUT2D eigenvalue weighted by Gasteiger charge is 2.45. The molecule has 9 heteroatoms. The molecule has 1 aromatic heterocycles. The number of hydrogen-bond donors (Lipinski definition) is 1. The minimum atomic E-state index is -1.30. The molecule has 1 aliphatic heterocycles. The number of nitrogens with zero attached hydrogens (tertiary/aromatic N) is 3. The number of amides is 2. The molecule has 0 saturated heterocycles. The molecule has 1 unspecified atom stereocenters. The summed E-state index contributed by atoms with van der Waals surface area (Å²) in [6.07, 6.45) is -0.00916. The average molecular weight is 505 g/mol. The highest BCUT2D eigenvalue weighted by atomic mass is 16.5. The number of carbonyl (C=O) groups excluding carboxylic acids is 3. The second-order valence-electron chi connectivity index (χ2n) is 9.04. The van der Waals surface area contributed by atoms with E-state index in [1.165, 1.54) is 0 Å². The standard InChI is InChI=1S/C28H32N4O5/c1-4-36-24-14-10-9-13-21(24)18-31-25(33)16-22-15-23(26(34)37-5-2)30-32(22)19-28(31,3)27(35)29-17-20-11-7-6-8-12-20/h6-15H,4-5,16-19H2,1-3H3,(H,29,35). The van der Waals surface area contributed by atoms with E-state index >= 15 is 0 Å². The molecular formula is C28H32N4O5. The molecule has 0 aliphatic carbocycles. The molecule has 0 saturated carbocycles. The second kappa shape index (κ2) is 11.3. The number of nitrogens with one attached hydrogen (secondary N) is 1. The van der Waals surface area contributed by atoms with Crippen LogP contribution in [0.2, 0.25) is 0 Å². The number of benzene rings is 2. The van der Waals surface area contributed by atoms with Crippen LogP contribution in [0.25, 0.3) is 0 Å². The second-order valence-corrected chi connectivity index (χ2v) is 9.04. The normalized spacial score (nSPS) is 17.1. The molecule has 0 bridgehead atoms. The Hall–Kier alpha value is -4.14. The van der Waals surface area contributed by atoms with Crippen molar-refractivity contribution in [3.8, 4) is 5.75 Å². The van der Waals surface area contributed by atoms with Crippen LogP contribution < -0.4 is 10.1 Å². The van der Waals surface area contributed by atoms with Crippen LogP contribution >= 0.6 is 0 Å². The third-order valence-electron chi connectivity index (χ3n) is 6.42. The van der Waals surface area contributed by atoms with Gasteiger partial charge >= 0.3 is 5.97 Å². The van der Waals surface area contributed by atoms with Gasteiger partial charge in [-0.3, -0.25) is 14.3 Å². The topological polar surface area (TPSA) is 103 Å². The Morgan fingerprint density at radius 2 is 1.78 bits per heavy atom. The first kappa shape index (κ1) is 25.9. The van der Waals surface area contributed by atoms with E-state index in [0.717, 1.165) is 11.1 Å². The van der Waals surface area contributed by atoms with Crippen molar-refractivity contribution >= 4 is 17.8 Å². The van der Waals surface area contributed by atoms with Gasteiger partial charge in [-0.15, -0.1) is 0 Å². The highest BCUT2D eigenvalue weighted by molar-refractivity contribution is 5.93. The first-order valence-corrected chi connectivity index (χ1v) is 12.4. The van der Waals surface area contributed by atoms with Gasteiger partial charge in [0.25, 0.3) is 0 Å². The molecule has 0 spiro atoms. The smallest absolute Gasteiger partial charge is 0.358 e. The van der Waals surface area contributed by atoms with Crippen LogP contribution in [0.1, 0.15) is 48.1 Å². The maximum atomic E-state index is 13.8. The molecule has 37 heavy (non-hydrogen) atoms. The van der Waals surface area contributed by atoms with E-state index in [1.807, 2.05) is 61.5 Å². The fourth-order valence-electron chi connectivity index (χ4n) is 4.47. The Labute approximate surface area is 216 Å². The van der Waals surface area contributed by atoms with Crippen LogP contribution in [-0.4, -0.2) is 51.2 Å². The van der Waals surface area contributed by atoms with Crippen LogP contribution in [0.15, 0.2) is 60.7 Å². The van der Waals surface area contributed by atoms with E-state index in [2.05, 4.69) is 10.4 Å². The monoisotopic (exact) mass is 504 g/mol. The van der Waals surface area contributed by atoms with Crippen molar-refractivity contribution < 1.29 is 23.9 Å². The van der Waals surface area contributed by atoms with Crippen LogP contribution in [0, 0.1) is 0 Å². The minimum Gasteiger partial charge on any atom is -0.494 e. The van der Waals surface area contributed by atoms with Gasteiger partial charge in [0.1, 0.15) is 11.3 Å². The molecule has 2 aromatic carbocycles. The Morgan fingerprint density at radius 3 is 2.51 bits per heavy atom. The zero-order valence-electron chi connectivity index (χ0n) is 21.4. The third kappa shape index (κ3) is 5.66. The summed E-state index contributed by atoms with van der Waals surface area (Å²) in [5, 5.41) is 7.40. The summed E-state index contributed by atoms with van der Waals surface area (Å²) in [4.78, 5) is 41.4. The number of carbonyl (C=O) groups is 3. The molecule has 4 rings (SSSR count). The Morgan fingerprint density at radius 1 is 1.05 bits per heavy atom. The van der Waals surface area contributed by atoms with E-state index in [-0.39, 0.29) is 43.6 Å². The summed E-state index contributed by atoms with van der Waals surface area (Å²) in [6, 6.07) is 18.6. The Kier molecular flexibility index (Phi) is 7.91. The number of rotatable bonds is 9. The average Bonchev–Trinajstić information content (AvgIpc) is 3.25. The number of esters is 1. The van der Waals surface area contributed by atoms with Crippen molar-refractivity contribution in [2.45, 2.75) is 52.4 Å². The zero-order chi connectivity index (χ0) is 26.4. The number of aromatic nitrogens is 2. The van der Waals surface area contributed by atoms with Crippen molar-refractivity contribution in [3.63, 3.8) is 0 Å². The van der Waals surface area contributed by atoms with Crippen molar-refractivity contribution in [3.05, 3.63) is 83.2 Å². The van der Waals surface area contributed by atoms with E-state index in [9.17, 15) is 14.4 Å². The third-order valence-corrected chi connectivity index (χ3v) is 6.42. The lowest BCUT2D eigenvalue weighted by molar-refractivity contribution is -0.147. The van der Waals surface area contributed by atoms with Crippen molar-refractivity contribution in [1.82, 2.24) is 20.0 Å². The molecule has 3 aromatic rings. The number of para-hydroxylation sites is 1. The number of ether oxygens (including phenoxy) is 2. The predicted molar refractivity (Wildman–Crippen MR) is 137 cm³/mol. The summed E-state index contributed by atoms with van der Waals surface area (Å²) >= 11 is 0. The van der Waals surface area contributed by atoms with Gasteiger partial charge in [0.15, 0.2) is 5.69 Å². The van der Waals surface area contributed by atoms with Crippen molar-refractivity contribution in [2.24, 2.45) is 0 Å². The maximum absolute atomic E-state index is 13.8. The quantitative estimate of drug-likeness (QED) is 0.449. The summed E-state index contributed by atoms with van der Waals surface area (Å²) in [5.74, 6) is -0.470. The molecular weight excluding hydrogens is 472 g/mol. The van der Waals surface area contributed by atoms with E-state index in [1.54, 1.807) is 29.5 Å². The van der Waals surface area contributed by atoms with Crippen LogP contribution in [0.4, 0.5) is 0 Å². The fraction of sp³-hybridized carbons (Fsp3) is 0.357. The van der Waals surface area contributed by atoms with Crippen LogP contribution in [0.5, 0.6) is 5.75 Å². The maximum Gasteiger partial charge on any atom is 0.358 e. The largest absolute Gasteiger partial charge is 0.494 e. The van der Waals surface area contributed by atoms with Crippen molar-refractivity contribution in [1.29, 1.82) is 0 Å².